The lowest BCUT2D eigenvalue weighted by molar-refractivity contribution is 0.0622. The SMILES string of the molecule is Cc1ccccc1CN1CCN(C(=O)c2ccc(F)c(F)c2F)CC1. The van der Waals surface area contributed by atoms with Crippen molar-refractivity contribution < 1.29 is 18.0 Å². The predicted molar refractivity (Wildman–Crippen MR) is 88.7 cm³/mol. The van der Waals surface area contributed by atoms with Gasteiger partial charge in [-0.1, -0.05) is 24.3 Å². The summed E-state index contributed by atoms with van der Waals surface area (Å²) < 4.78 is 40.1. The first-order chi connectivity index (χ1) is 12.0. The molecule has 1 fully saturated rings. The molecule has 1 heterocycles. The zero-order chi connectivity index (χ0) is 18.0. The Morgan fingerprint density at radius 2 is 1.64 bits per heavy atom. The highest BCUT2D eigenvalue weighted by Crippen LogP contribution is 2.18. The third-order valence-corrected chi connectivity index (χ3v) is 4.58. The molecule has 0 N–H and O–H groups in total. The zero-order valence-electron chi connectivity index (χ0n) is 13.9. The van der Waals surface area contributed by atoms with Gasteiger partial charge in [-0.25, -0.2) is 13.2 Å². The van der Waals surface area contributed by atoms with Gasteiger partial charge in [-0.15, -0.1) is 0 Å². The highest BCUT2D eigenvalue weighted by Gasteiger charge is 2.26. The van der Waals surface area contributed by atoms with E-state index in [9.17, 15) is 18.0 Å². The number of aryl methyl sites for hydroxylation is 1. The summed E-state index contributed by atoms with van der Waals surface area (Å²) in [5.74, 6) is -4.93. The quantitative estimate of drug-likeness (QED) is 0.794. The molecule has 25 heavy (non-hydrogen) atoms. The fraction of sp³-hybridized carbons (Fsp3) is 0.316. The van der Waals surface area contributed by atoms with Gasteiger partial charge in [0, 0.05) is 32.7 Å². The summed E-state index contributed by atoms with van der Waals surface area (Å²) in [6.07, 6.45) is 0. The van der Waals surface area contributed by atoms with Crippen LogP contribution in [0, 0.1) is 24.4 Å². The molecule has 1 amide bonds. The Balaban J connectivity index is 1.63. The van der Waals surface area contributed by atoms with E-state index in [1.165, 1.54) is 16.0 Å². The lowest BCUT2D eigenvalue weighted by Crippen LogP contribution is -2.48. The number of rotatable bonds is 3. The smallest absolute Gasteiger partial charge is 0.257 e. The van der Waals surface area contributed by atoms with Crippen LogP contribution in [0.25, 0.3) is 0 Å². The van der Waals surface area contributed by atoms with Gasteiger partial charge in [0.2, 0.25) is 0 Å². The van der Waals surface area contributed by atoms with Gasteiger partial charge in [-0.2, -0.15) is 0 Å². The van der Waals surface area contributed by atoms with Crippen molar-refractivity contribution in [2.24, 2.45) is 0 Å². The van der Waals surface area contributed by atoms with Gasteiger partial charge < -0.3 is 4.90 Å². The van der Waals surface area contributed by atoms with E-state index >= 15 is 0 Å². The van der Waals surface area contributed by atoms with E-state index in [-0.39, 0.29) is 0 Å². The van der Waals surface area contributed by atoms with E-state index < -0.39 is 28.9 Å². The molecule has 1 saturated heterocycles. The van der Waals surface area contributed by atoms with Crippen molar-refractivity contribution in [2.45, 2.75) is 13.5 Å². The molecule has 0 spiro atoms. The van der Waals surface area contributed by atoms with Crippen LogP contribution >= 0.6 is 0 Å². The fourth-order valence-corrected chi connectivity index (χ4v) is 3.00. The maximum Gasteiger partial charge on any atom is 0.257 e. The van der Waals surface area contributed by atoms with Crippen LogP contribution in [0.4, 0.5) is 13.2 Å². The minimum atomic E-state index is -1.61. The molecule has 2 aromatic carbocycles. The van der Waals surface area contributed by atoms with Crippen LogP contribution in [-0.4, -0.2) is 41.9 Å². The first-order valence-corrected chi connectivity index (χ1v) is 8.17. The topological polar surface area (TPSA) is 23.6 Å². The average molecular weight is 348 g/mol. The molecule has 1 aliphatic rings. The summed E-state index contributed by atoms with van der Waals surface area (Å²) in [5.41, 5.74) is 2.02. The number of nitrogens with zero attached hydrogens (tertiary/aromatic N) is 2. The van der Waals surface area contributed by atoms with Crippen molar-refractivity contribution in [1.29, 1.82) is 0 Å². The standard InChI is InChI=1S/C19H19F3N2O/c1-13-4-2-3-5-14(13)12-23-8-10-24(11-9-23)19(25)15-6-7-16(20)18(22)17(15)21/h2-7H,8-12H2,1H3. The first-order valence-electron chi connectivity index (χ1n) is 8.17. The number of benzene rings is 2. The molecule has 2 aromatic rings. The summed E-state index contributed by atoms with van der Waals surface area (Å²) in [4.78, 5) is 16.1. The second-order valence-corrected chi connectivity index (χ2v) is 6.22. The second kappa shape index (κ2) is 7.27. The largest absolute Gasteiger partial charge is 0.336 e. The molecule has 3 nitrogen and oxygen atoms in total. The van der Waals surface area contributed by atoms with Crippen LogP contribution in [0.1, 0.15) is 21.5 Å². The Morgan fingerprint density at radius 1 is 0.960 bits per heavy atom. The molecule has 132 valence electrons. The third kappa shape index (κ3) is 3.69. The van der Waals surface area contributed by atoms with E-state index in [0.29, 0.717) is 26.2 Å². The number of carbonyl (C=O) groups is 1. The highest BCUT2D eigenvalue weighted by atomic mass is 19.2. The molecule has 0 aromatic heterocycles. The zero-order valence-corrected chi connectivity index (χ0v) is 13.9. The molecular formula is C19H19F3N2O. The van der Waals surface area contributed by atoms with Gasteiger partial charge in [0.05, 0.1) is 5.56 Å². The normalized spacial score (nSPS) is 15.4. The van der Waals surface area contributed by atoms with Gasteiger partial charge >= 0.3 is 0 Å². The monoisotopic (exact) mass is 348 g/mol. The number of halogens is 3. The summed E-state index contributed by atoms with van der Waals surface area (Å²) in [6, 6.07) is 9.89. The van der Waals surface area contributed by atoms with E-state index in [0.717, 1.165) is 18.7 Å². The van der Waals surface area contributed by atoms with Crippen LogP contribution in [0.2, 0.25) is 0 Å². The Kier molecular flexibility index (Phi) is 5.08. The average Bonchev–Trinajstić information content (AvgIpc) is 2.62. The van der Waals surface area contributed by atoms with E-state index in [4.69, 9.17) is 0 Å². The number of carbonyl (C=O) groups excluding carboxylic acids is 1. The molecular weight excluding hydrogens is 329 g/mol. The Morgan fingerprint density at radius 3 is 2.32 bits per heavy atom. The van der Waals surface area contributed by atoms with Gasteiger partial charge in [-0.05, 0) is 30.2 Å². The van der Waals surface area contributed by atoms with E-state index in [2.05, 4.69) is 24.0 Å². The van der Waals surface area contributed by atoms with Crippen LogP contribution in [0.15, 0.2) is 36.4 Å². The molecule has 3 rings (SSSR count). The Bertz CT molecular complexity index is 786. The van der Waals surface area contributed by atoms with Gasteiger partial charge in [0.1, 0.15) is 0 Å². The van der Waals surface area contributed by atoms with Crippen LogP contribution in [-0.2, 0) is 6.54 Å². The molecule has 0 saturated carbocycles. The molecule has 0 atom stereocenters. The number of piperazine rings is 1. The molecule has 6 heteroatoms. The third-order valence-electron chi connectivity index (χ3n) is 4.58. The summed E-state index contributed by atoms with van der Waals surface area (Å²) in [6.45, 7) is 4.97. The second-order valence-electron chi connectivity index (χ2n) is 6.22. The van der Waals surface area contributed by atoms with Crippen molar-refractivity contribution in [3.05, 3.63) is 70.5 Å². The van der Waals surface area contributed by atoms with Crippen LogP contribution < -0.4 is 0 Å². The van der Waals surface area contributed by atoms with Crippen LogP contribution in [0.5, 0.6) is 0 Å². The van der Waals surface area contributed by atoms with Crippen molar-refractivity contribution in [2.75, 3.05) is 26.2 Å². The number of hydrogen-bond acceptors (Lipinski definition) is 2. The first kappa shape index (κ1) is 17.5. The minimum Gasteiger partial charge on any atom is -0.336 e. The van der Waals surface area contributed by atoms with Gasteiger partial charge in [0.15, 0.2) is 17.5 Å². The van der Waals surface area contributed by atoms with Crippen molar-refractivity contribution in [3.63, 3.8) is 0 Å². The minimum absolute atomic E-state index is 0.420. The van der Waals surface area contributed by atoms with Crippen LogP contribution in [0.3, 0.4) is 0 Å². The lowest BCUT2D eigenvalue weighted by atomic mass is 10.1. The molecule has 1 aliphatic heterocycles. The molecule has 0 aliphatic carbocycles. The summed E-state index contributed by atoms with van der Waals surface area (Å²) in [7, 11) is 0. The maximum atomic E-state index is 13.8. The molecule has 0 unspecified atom stereocenters. The van der Waals surface area contributed by atoms with E-state index in [1.807, 2.05) is 12.1 Å². The highest BCUT2D eigenvalue weighted by molar-refractivity contribution is 5.94. The predicted octanol–water partition coefficient (Wildman–Crippen LogP) is 3.37. The summed E-state index contributed by atoms with van der Waals surface area (Å²) >= 11 is 0. The number of amides is 1. The lowest BCUT2D eigenvalue weighted by Gasteiger charge is -2.35. The Hall–Kier alpha value is -2.34. The molecule has 0 bridgehead atoms. The van der Waals surface area contributed by atoms with Crippen molar-refractivity contribution in [3.8, 4) is 0 Å². The maximum absolute atomic E-state index is 13.8. The van der Waals surface area contributed by atoms with Crippen molar-refractivity contribution >= 4 is 5.91 Å². The summed E-state index contributed by atoms with van der Waals surface area (Å²) in [5, 5.41) is 0. The van der Waals surface area contributed by atoms with Gasteiger partial charge in [0.25, 0.3) is 5.91 Å². The van der Waals surface area contributed by atoms with E-state index in [1.54, 1.807) is 0 Å². The number of hydrogen-bond donors (Lipinski definition) is 0. The molecule has 0 radical (unpaired) electrons. The van der Waals surface area contributed by atoms with Gasteiger partial charge in [-0.3, -0.25) is 9.69 Å². The van der Waals surface area contributed by atoms with Crippen molar-refractivity contribution in [1.82, 2.24) is 9.80 Å². The Labute approximate surface area is 144 Å². The fourth-order valence-electron chi connectivity index (χ4n) is 3.00.